The van der Waals surface area contributed by atoms with Gasteiger partial charge in [0.1, 0.15) is 12.4 Å². The van der Waals surface area contributed by atoms with E-state index in [1.807, 2.05) is 19.0 Å². The van der Waals surface area contributed by atoms with Crippen molar-refractivity contribution in [2.45, 2.75) is 65.4 Å². The summed E-state index contributed by atoms with van der Waals surface area (Å²) < 4.78 is 9.27. The van der Waals surface area contributed by atoms with Crippen molar-refractivity contribution in [1.82, 2.24) is 4.90 Å². The first-order chi connectivity index (χ1) is 15.1. The molecule has 7 nitrogen and oxygen atoms in total. The van der Waals surface area contributed by atoms with Crippen LogP contribution in [0.2, 0.25) is 0 Å². The van der Waals surface area contributed by atoms with Crippen LogP contribution in [0.4, 0.5) is 0 Å². The molecule has 0 saturated heterocycles. The minimum atomic E-state index is -0.270. The Balaban J connectivity index is 0.000000837. The highest BCUT2D eigenvalue weighted by molar-refractivity contribution is 5.83. The summed E-state index contributed by atoms with van der Waals surface area (Å²) in [5, 5.41) is 10.3. The Labute approximate surface area is 193 Å². The molecule has 3 rings (SSSR count). The average molecular weight is 454 g/mol. The lowest BCUT2D eigenvalue weighted by atomic mass is 9.45. The number of nitrogens with zero attached hydrogens (tertiary/aromatic N) is 1. The lowest BCUT2D eigenvalue weighted by molar-refractivity contribution is -0.164. The van der Waals surface area contributed by atoms with Crippen LogP contribution in [0.1, 0.15) is 59.3 Å². The van der Waals surface area contributed by atoms with Gasteiger partial charge >= 0.3 is 5.97 Å². The van der Waals surface area contributed by atoms with Crippen LogP contribution in [0.5, 0.6) is 0 Å². The summed E-state index contributed by atoms with van der Waals surface area (Å²) in [5.74, 6) is 1.66. The molecule has 0 aromatic rings. The number of hydrogen-bond donors (Lipinski definition) is 1. The summed E-state index contributed by atoms with van der Waals surface area (Å²) in [5.41, 5.74) is 0.142. The number of rotatable bonds is 6. The zero-order valence-corrected chi connectivity index (χ0v) is 20.7. The Morgan fingerprint density at radius 1 is 1.19 bits per heavy atom. The minimum absolute atomic E-state index is 0.0667. The standard InChI is InChI=1S/C23H39NO4.C2H4O2/c1-14-16(12-21(27)28-11-10-24(4)5)6-7-17-22(14)20(26)13-18-15(2)19(25)8-9-23(17,18)3;1-4-2-3/h14-19,22,25H,6-13H2,1-5H3;2H,1H3/t14?,15?,16?,17?,18?,19?,22-,23?;/m0./s1. The third-order valence-electron chi connectivity index (χ3n) is 8.63. The second-order valence-corrected chi connectivity index (χ2v) is 10.6. The summed E-state index contributed by atoms with van der Waals surface area (Å²) >= 11 is 0. The molecule has 0 aromatic heterocycles. The summed E-state index contributed by atoms with van der Waals surface area (Å²) in [6, 6.07) is 0. The van der Waals surface area contributed by atoms with E-state index in [1.54, 1.807) is 0 Å². The first-order valence-corrected chi connectivity index (χ1v) is 12.0. The number of methoxy groups -OCH3 is 1. The zero-order valence-electron chi connectivity index (χ0n) is 20.7. The van der Waals surface area contributed by atoms with E-state index < -0.39 is 0 Å². The molecule has 0 bridgehead atoms. The van der Waals surface area contributed by atoms with E-state index in [2.05, 4.69) is 25.5 Å². The van der Waals surface area contributed by atoms with Crippen LogP contribution in [0.3, 0.4) is 0 Å². The minimum Gasteiger partial charge on any atom is -0.471 e. The molecule has 0 aliphatic heterocycles. The van der Waals surface area contributed by atoms with E-state index in [9.17, 15) is 14.7 Å². The first-order valence-electron chi connectivity index (χ1n) is 12.0. The number of likely N-dealkylation sites (N-methyl/N-ethyl adjacent to an activating group) is 1. The molecule has 0 heterocycles. The molecule has 3 aliphatic rings. The summed E-state index contributed by atoms with van der Waals surface area (Å²) in [6.45, 7) is 8.21. The number of ether oxygens (including phenoxy) is 2. The van der Waals surface area contributed by atoms with Crippen molar-refractivity contribution in [3.8, 4) is 0 Å². The molecule has 3 aliphatic carbocycles. The van der Waals surface area contributed by atoms with E-state index in [0.717, 1.165) is 32.2 Å². The van der Waals surface area contributed by atoms with Gasteiger partial charge in [-0.3, -0.25) is 14.4 Å². The number of carbonyl (C=O) groups is 3. The lowest BCUT2D eigenvalue weighted by Crippen LogP contribution is -2.57. The van der Waals surface area contributed by atoms with Gasteiger partial charge in [-0.2, -0.15) is 0 Å². The van der Waals surface area contributed by atoms with Gasteiger partial charge in [-0.25, -0.2) is 0 Å². The monoisotopic (exact) mass is 453 g/mol. The van der Waals surface area contributed by atoms with Gasteiger partial charge in [0.2, 0.25) is 0 Å². The van der Waals surface area contributed by atoms with Gasteiger partial charge in [0, 0.05) is 25.3 Å². The summed E-state index contributed by atoms with van der Waals surface area (Å²) in [4.78, 5) is 36.4. The number of esters is 1. The average Bonchev–Trinajstić information content (AvgIpc) is 2.74. The van der Waals surface area contributed by atoms with E-state index in [4.69, 9.17) is 9.53 Å². The highest BCUT2D eigenvalue weighted by Gasteiger charge is 2.58. The molecule has 0 aromatic carbocycles. The predicted octanol–water partition coefficient (Wildman–Crippen LogP) is 2.94. The molecule has 7 heteroatoms. The SMILES string of the molecule is CC1C(O)CCC2(C)C1CC(=O)[C@H]1C(C)C(CC(=O)OCCN(C)C)CCC12.COC=O. The molecular formula is C25H43NO6. The Morgan fingerprint density at radius 3 is 2.44 bits per heavy atom. The van der Waals surface area contributed by atoms with Crippen LogP contribution in [0, 0.1) is 40.9 Å². The fraction of sp³-hybridized carbons (Fsp3) is 0.880. The van der Waals surface area contributed by atoms with E-state index >= 15 is 0 Å². The van der Waals surface area contributed by atoms with E-state index in [-0.39, 0.29) is 41.2 Å². The van der Waals surface area contributed by atoms with Crippen molar-refractivity contribution in [3.05, 3.63) is 0 Å². The van der Waals surface area contributed by atoms with Crippen molar-refractivity contribution in [2.75, 3.05) is 34.4 Å². The van der Waals surface area contributed by atoms with Crippen LogP contribution in [-0.2, 0) is 23.9 Å². The van der Waals surface area contributed by atoms with E-state index in [1.165, 1.54) is 7.11 Å². The van der Waals surface area contributed by atoms with Gasteiger partial charge in [0.05, 0.1) is 13.2 Å². The smallest absolute Gasteiger partial charge is 0.306 e. The predicted molar refractivity (Wildman–Crippen MR) is 122 cm³/mol. The first kappa shape index (κ1) is 26.8. The number of aliphatic hydroxyl groups excluding tert-OH is 1. The second-order valence-electron chi connectivity index (χ2n) is 10.6. The highest BCUT2D eigenvalue weighted by atomic mass is 16.5. The molecule has 1 N–H and O–H groups in total. The van der Waals surface area contributed by atoms with Gasteiger partial charge in [-0.15, -0.1) is 0 Å². The molecule has 3 fully saturated rings. The van der Waals surface area contributed by atoms with Gasteiger partial charge < -0.3 is 19.5 Å². The van der Waals surface area contributed by atoms with Crippen LogP contribution in [-0.4, -0.2) is 68.7 Å². The molecule has 0 spiro atoms. The topological polar surface area (TPSA) is 93.1 Å². The number of ketones is 1. The number of hydrogen-bond acceptors (Lipinski definition) is 7. The maximum absolute atomic E-state index is 13.2. The largest absolute Gasteiger partial charge is 0.471 e. The van der Waals surface area contributed by atoms with Crippen molar-refractivity contribution in [2.24, 2.45) is 40.9 Å². The van der Waals surface area contributed by atoms with Crippen molar-refractivity contribution in [1.29, 1.82) is 0 Å². The van der Waals surface area contributed by atoms with Crippen molar-refractivity contribution in [3.63, 3.8) is 0 Å². The molecule has 8 atom stereocenters. The zero-order chi connectivity index (χ0) is 24.1. The molecular weight excluding hydrogens is 410 g/mol. The molecule has 7 unspecified atom stereocenters. The van der Waals surface area contributed by atoms with Crippen LogP contribution < -0.4 is 0 Å². The molecule has 0 amide bonds. The van der Waals surface area contributed by atoms with E-state index in [0.29, 0.717) is 43.5 Å². The number of aliphatic hydroxyl groups is 1. The number of carbonyl (C=O) groups excluding carboxylic acids is 3. The number of fused-ring (bicyclic) bond motifs is 3. The van der Waals surface area contributed by atoms with Crippen LogP contribution in [0.15, 0.2) is 0 Å². The lowest BCUT2D eigenvalue weighted by Gasteiger charge is -2.59. The Morgan fingerprint density at radius 2 is 1.84 bits per heavy atom. The highest BCUT2D eigenvalue weighted by Crippen LogP contribution is 2.61. The van der Waals surface area contributed by atoms with Gasteiger partial charge in [0.15, 0.2) is 0 Å². The van der Waals surface area contributed by atoms with Gasteiger partial charge in [0.25, 0.3) is 6.47 Å². The van der Waals surface area contributed by atoms with Crippen molar-refractivity contribution < 1.29 is 29.0 Å². The molecule has 32 heavy (non-hydrogen) atoms. The molecule has 3 saturated carbocycles. The second kappa shape index (κ2) is 11.6. The normalized spacial score (nSPS) is 38.6. The maximum Gasteiger partial charge on any atom is 0.306 e. The van der Waals surface area contributed by atoms with Crippen molar-refractivity contribution >= 4 is 18.2 Å². The summed E-state index contributed by atoms with van der Waals surface area (Å²) in [7, 11) is 5.24. The fourth-order valence-electron chi connectivity index (χ4n) is 6.66. The van der Waals surface area contributed by atoms with Gasteiger partial charge in [-0.05, 0) is 74.8 Å². The summed E-state index contributed by atoms with van der Waals surface area (Å²) in [6.07, 6.45) is 4.64. The molecule has 184 valence electrons. The Kier molecular flexibility index (Phi) is 9.70. The van der Waals surface area contributed by atoms with Crippen LogP contribution >= 0.6 is 0 Å². The third kappa shape index (κ3) is 5.90. The maximum atomic E-state index is 13.2. The third-order valence-corrected chi connectivity index (χ3v) is 8.63. The molecule has 0 radical (unpaired) electrons. The fourth-order valence-corrected chi connectivity index (χ4v) is 6.66. The Bertz CT molecular complexity index is 652. The Hall–Kier alpha value is -1.47. The number of Topliss-reactive ketones (excluding diaryl/α,β-unsaturated/α-hetero) is 1. The van der Waals surface area contributed by atoms with Gasteiger partial charge in [-0.1, -0.05) is 20.8 Å². The quantitative estimate of drug-likeness (QED) is 0.488. The van der Waals surface area contributed by atoms with Crippen LogP contribution in [0.25, 0.3) is 0 Å².